The van der Waals surface area contributed by atoms with Gasteiger partial charge >= 0.3 is 0 Å². The highest BCUT2D eigenvalue weighted by Crippen LogP contribution is 2.23. The van der Waals surface area contributed by atoms with Gasteiger partial charge in [-0.1, -0.05) is 6.07 Å². The molecule has 2 rings (SSSR count). The van der Waals surface area contributed by atoms with Gasteiger partial charge in [-0.15, -0.1) is 11.3 Å². The zero-order valence-electron chi connectivity index (χ0n) is 6.86. The van der Waals surface area contributed by atoms with E-state index in [1.807, 2.05) is 18.2 Å². The van der Waals surface area contributed by atoms with Crippen LogP contribution in [0.4, 0.5) is 0 Å². The number of rotatable bonds is 2. The normalized spacial score (nSPS) is 10.5. The van der Waals surface area contributed by atoms with E-state index >= 15 is 0 Å². The maximum atomic E-state index is 11.2. The molecule has 0 fully saturated rings. The SMILES string of the molecule is NCC(=O)c1cc2cccnc2s1. The van der Waals surface area contributed by atoms with Gasteiger partial charge in [0.1, 0.15) is 4.83 Å². The van der Waals surface area contributed by atoms with Crippen molar-refractivity contribution in [1.82, 2.24) is 4.98 Å². The third-order valence-corrected chi connectivity index (χ3v) is 2.85. The monoisotopic (exact) mass is 192 g/mol. The van der Waals surface area contributed by atoms with Gasteiger partial charge in [-0.2, -0.15) is 0 Å². The fraction of sp³-hybridized carbons (Fsp3) is 0.111. The fourth-order valence-corrected chi connectivity index (χ4v) is 2.06. The predicted octanol–water partition coefficient (Wildman–Crippen LogP) is 1.44. The number of hydrogen-bond donors (Lipinski definition) is 1. The second kappa shape index (κ2) is 3.24. The van der Waals surface area contributed by atoms with E-state index in [1.165, 1.54) is 11.3 Å². The van der Waals surface area contributed by atoms with Gasteiger partial charge in [-0.25, -0.2) is 4.98 Å². The molecule has 13 heavy (non-hydrogen) atoms. The minimum absolute atomic E-state index is 0.0250. The minimum Gasteiger partial charge on any atom is -0.324 e. The van der Waals surface area contributed by atoms with Gasteiger partial charge in [0.15, 0.2) is 5.78 Å². The average Bonchev–Trinajstić information content (AvgIpc) is 2.59. The summed E-state index contributed by atoms with van der Waals surface area (Å²) < 4.78 is 0. The highest BCUT2D eigenvalue weighted by molar-refractivity contribution is 7.20. The van der Waals surface area contributed by atoms with Gasteiger partial charge in [0, 0.05) is 11.6 Å². The van der Waals surface area contributed by atoms with Crippen molar-refractivity contribution < 1.29 is 4.79 Å². The van der Waals surface area contributed by atoms with Gasteiger partial charge < -0.3 is 5.73 Å². The summed E-state index contributed by atoms with van der Waals surface area (Å²) >= 11 is 1.39. The standard InChI is InChI=1S/C9H8N2OS/c10-5-7(12)8-4-6-2-1-3-11-9(6)13-8/h1-4H,5,10H2. The summed E-state index contributed by atoms with van der Waals surface area (Å²) in [6, 6.07) is 5.63. The first kappa shape index (κ1) is 8.34. The number of ketones is 1. The van der Waals surface area contributed by atoms with E-state index in [4.69, 9.17) is 5.73 Å². The summed E-state index contributed by atoms with van der Waals surface area (Å²) in [7, 11) is 0. The van der Waals surface area contributed by atoms with E-state index in [2.05, 4.69) is 4.98 Å². The molecule has 0 amide bonds. The van der Waals surface area contributed by atoms with Crippen molar-refractivity contribution in [2.24, 2.45) is 5.73 Å². The van der Waals surface area contributed by atoms with Crippen molar-refractivity contribution in [2.45, 2.75) is 0 Å². The molecule has 2 N–H and O–H groups in total. The van der Waals surface area contributed by atoms with Gasteiger partial charge in [0.2, 0.25) is 0 Å². The third-order valence-electron chi connectivity index (χ3n) is 1.75. The Labute approximate surface area is 79.2 Å². The minimum atomic E-state index is -0.0250. The van der Waals surface area contributed by atoms with Crippen molar-refractivity contribution in [1.29, 1.82) is 0 Å². The summed E-state index contributed by atoms with van der Waals surface area (Å²) in [5.74, 6) is -0.0250. The highest BCUT2D eigenvalue weighted by atomic mass is 32.1. The summed E-state index contributed by atoms with van der Waals surface area (Å²) in [5, 5.41) is 1.00. The number of carbonyl (C=O) groups is 1. The molecular formula is C9H8N2OS. The number of hydrogen-bond acceptors (Lipinski definition) is 4. The number of Topliss-reactive ketones (excluding diaryl/α,β-unsaturated/α-hetero) is 1. The molecule has 0 spiro atoms. The number of carbonyl (C=O) groups excluding carboxylic acids is 1. The lowest BCUT2D eigenvalue weighted by Crippen LogP contribution is -2.11. The van der Waals surface area contributed by atoms with Crippen LogP contribution >= 0.6 is 11.3 Å². The topological polar surface area (TPSA) is 56.0 Å². The number of pyridine rings is 1. The number of fused-ring (bicyclic) bond motifs is 1. The van der Waals surface area contributed by atoms with Crippen LogP contribution in [0.2, 0.25) is 0 Å². The summed E-state index contributed by atoms with van der Waals surface area (Å²) in [4.78, 5) is 17.0. The summed E-state index contributed by atoms with van der Waals surface area (Å²) in [6.45, 7) is 0.0623. The molecule has 0 aliphatic rings. The summed E-state index contributed by atoms with van der Waals surface area (Å²) in [5.41, 5.74) is 5.26. The molecule has 0 radical (unpaired) electrons. The number of nitrogens with two attached hydrogens (primary N) is 1. The van der Waals surface area contributed by atoms with E-state index in [1.54, 1.807) is 6.20 Å². The summed E-state index contributed by atoms with van der Waals surface area (Å²) in [6.07, 6.45) is 1.72. The zero-order valence-corrected chi connectivity index (χ0v) is 7.67. The van der Waals surface area contributed by atoms with Crippen LogP contribution in [0, 0.1) is 0 Å². The van der Waals surface area contributed by atoms with Crippen LogP contribution in [0.3, 0.4) is 0 Å². The van der Waals surface area contributed by atoms with Crippen molar-refractivity contribution in [2.75, 3.05) is 6.54 Å². The molecule has 0 bridgehead atoms. The Hall–Kier alpha value is -1.26. The van der Waals surface area contributed by atoms with E-state index < -0.39 is 0 Å². The van der Waals surface area contributed by atoms with Crippen LogP contribution in [-0.2, 0) is 0 Å². The van der Waals surface area contributed by atoms with E-state index in [0.29, 0.717) is 4.88 Å². The average molecular weight is 192 g/mol. The van der Waals surface area contributed by atoms with Gasteiger partial charge in [-0.3, -0.25) is 4.79 Å². The lowest BCUT2D eigenvalue weighted by atomic mass is 10.3. The third kappa shape index (κ3) is 1.46. The Morgan fingerprint density at radius 1 is 1.62 bits per heavy atom. The Bertz CT molecular complexity index is 417. The first-order valence-corrected chi connectivity index (χ1v) is 4.71. The molecule has 66 valence electrons. The molecule has 0 saturated heterocycles. The van der Waals surface area contributed by atoms with Gasteiger partial charge in [-0.05, 0) is 12.1 Å². The second-order valence-electron chi connectivity index (χ2n) is 2.64. The Balaban J connectivity index is 2.56. The molecule has 2 aromatic rings. The maximum absolute atomic E-state index is 11.2. The van der Waals surface area contributed by atoms with Crippen molar-refractivity contribution in [3.05, 3.63) is 29.3 Å². The molecular weight excluding hydrogens is 184 g/mol. The Morgan fingerprint density at radius 3 is 3.15 bits per heavy atom. The molecule has 2 heterocycles. The van der Waals surface area contributed by atoms with Crippen LogP contribution < -0.4 is 5.73 Å². The van der Waals surface area contributed by atoms with Crippen molar-refractivity contribution in [3.8, 4) is 0 Å². The lowest BCUT2D eigenvalue weighted by molar-refractivity contribution is 0.101. The maximum Gasteiger partial charge on any atom is 0.186 e. The van der Waals surface area contributed by atoms with E-state index in [9.17, 15) is 4.79 Å². The Kier molecular flexibility index (Phi) is 2.08. The van der Waals surface area contributed by atoms with Crippen LogP contribution in [0.15, 0.2) is 24.4 Å². The molecule has 0 aromatic carbocycles. The fourth-order valence-electron chi connectivity index (χ4n) is 1.11. The van der Waals surface area contributed by atoms with Crippen LogP contribution in [-0.4, -0.2) is 17.3 Å². The predicted molar refractivity (Wildman–Crippen MR) is 53.0 cm³/mol. The van der Waals surface area contributed by atoms with Crippen LogP contribution in [0.25, 0.3) is 10.2 Å². The van der Waals surface area contributed by atoms with E-state index in [-0.39, 0.29) is 12.3 Å². The number of aromatic nitrogens is 1. The molecule has 0 saturated carbocycles. The van der Waals surface area contributed by atoms with Gasteiger partial charge in [0.05, 0.1) is 11.4 Å². The van der Waals surface area contributed by atoms with Crippen molar-refractivity contribution in [3.63, 3.8) is 0 Å². The second-order valence-corrected chi connectivity index (χ2v) is 3.67. The number of thiophene rings is 1. The van der Waals surface area contributed by atoms with Crippen LogP contribution in [0.1, 0.15) is 9.67 Å². The molecule has 2 aromatic heterocycles. The molecule has 0 atom stereocenters. The molecule has 3 nitrogen and oxygen atoms in total. The first-order chi connectivity index (χ1) is 6.31. The lowest BCUT2D eigenvalue weighted by Gasteiger charge is -1.86. The molecule has 0 aliphatic heterocycles. The van der Waals surface area contributed by atoms with Gasteiger partial charge in [0.25, 0.3) is 0 Å². The Morgan fingerprint density at radius 2 is 2.46 bits per heavy atom. The first-order valence-electron chi connectivity index (χ1n) is 3.89. The molecule has 4 heteroatoms. The number of nitrogens with zero attached hydrogens (tertiary/aromatic N) is 1. The quantitative estimate of drug-likeness (QED) is 0.732. The smallest absolute Gasteiger partial charge is 0.186 e. The van der Waals surface area contributed by atoms with Crippen molar-refractivity contribution >= 4 is 27.3 Å². The zero-order chi connectivity index (χ0) is 9.26. The van der Waals surface area contributed by atoms with E-state index in [0.717, 1.165) is 10.2 Å². The largest absolute Gasteiger partial charge is 0.324 e. The molecule has 0 aliphatic carbocycles. The highest BCUT2D eigenvalue weighted by Gasteiger charge is 2.07. The molecule has 0 unspecified atom stereocenters. The van der Waals surface area contributed by atoms with Crippen LogP contribution in [0.5, 0.6) is 0 Å².